The zero-order valence-electron chi connectivity index (χ0n) is 24.0. The van der Waals surface area contributed by atoms with E-state index in [1.54, 1.807) is 0 Å². The molecule has 0 spiro atoms. The van der Waals surface area contributed by atoms with Crippen LogP contribution >= 0.6 is 0 Å². The second-order valence-electron chi connectivity index (χ2n) is 10.6. The van der Waals surface area contributed by atoms with Crippen molar-refractivity contribution in [1.82, 2.24) is 19.9 Å². The van der Waals surface area contributed by atoms with Crippen LogP contribution in [0.1, 0.15) is 91.5 Å². The van der Waals surface area contributed by atoms with Gasteiger partial charge >= 0.3 is 5.97 Å². The monoisotopic (exact) mass is 532 g/mol. The van der Waals surface area contributed by atoms with Gasteiger partial charge in [0, 0.05) is 39.6 Å². The maximum atomic E-state index is 11.5. The number of nitrogens with one attached hydrogen (secondary N) is 2. The first-order chi connectivity index (χ1) is 19.2. The molecule has 0 atom stereocenters. The number of hydrogen-bond donors (Lipinski definition) is 3. The minimum Gasteiger partial charge on any atom is -0.481 e. The van der Waals surface area contributed by atoms with Gasteiger partial charge in [0.15, 0.2) is 0 Å². The second-order valence-corrected chi connectivity index (χ2v) is 10.6. The standard InChI is InChI=1S/C34H36N4O2/c1-8-11-24-20(6)29-16-31-23(10-3)19(5)28(36-31)15-30-22(9-2)18(4)26(35-30)14-27-21(7)25(12-13-34(39)40)33(37-27)17-32(24)38-29/h9-10,14-17,35-36H,2-3,8,11-13H2,1,4-7H3,(H,39,40). The first kappa shape index (κ1) is 27.1. The van der Waals surface area contributed by atoms with E-state index in [4.69, 9.17) is 9.97 Å². The largest absolute Gasteiger partial charge is 0.481 e. The van der Waals surface area contributed by atoms with Crippen molar-refractivity contribution in [2.45, 2.75) is 60.3 Å². The van der Waals surface area contributed by atoms with Crippen molar-refractivity contribution in [3.63, 3.8) is 0 Å². The van der Waals surface area contributed by atoms with Crippen LogP contribution in [0.4, 0.5) is 0 Å². The van der Waals surface area contributed by atoms with E-state index in [1.807, 2.05) is 25.1 Å². The molecule has 3 aromatic rings. The molecular weight excluding hydrogens is 496 g/mol. The molecule has 2 aliphatic heterocycles. The Labute approximate surface area is 234 Å². The van der Waals surface area contributed by atoms with Crippen LogP contribution in [-0.4, -0.2) is 31.0 Å². The van der Waals surface area contributed by atoms with Crippen molar-refractivity contribution < 1.29 is 9.90 Å². The molecule has 6 heteroatoms. The first-order valence-corrected chi connectivity index (χ1v) is 13.8. The van der Waals surface area contributed by atoms with Gasteiger partial charge < -0.3 is 15.1 Å². The van der Waals surface area contributed by atoms with Crippen molar-refractivity contribution in [3.05, 3.63) is 82.5 Å². The third-order valence-corrected chi connectivity index (χ3v) is 8.13. The van der Waals surface area contributed by atoms with Gasteiger partial charge in [0.05, 0.1) is 22.8 Å². The van der Waals surface area contributed by atoms with Crippen LogP contribution in [0.15, 0.2) is 37.4 Å². The highest BCUT2D eigenvalue weighted by Crippen LogP contribution is 2.38. The summed E-state index contributed by atoms with van der Waals surface area (Å²) in [5.41, 5.74) is 15.8. The number of carbonyl (C=O) groups is 1. The van der Waals surface area contributed by atoms with Gasteiger partial charge in [-0.1, -0.05) is 38.7 Å². The van der Waals surface area contributed by atoms with Crippen molar-refractivity contribution in [3.8, 4) is 0 Å². The molecule has 5 rings (SSSR count). The molecule has 3 N–H and O–H groups in total. The third kappa shape index (κ3) is 4.64. The van der Waals surface area contributed by atoms with Gasteiger partial charge in [-0.3, -0.25) is 4.79 Å². The lowest BCUT2D eigenvalue weighted by atomic mass is 9.98. The molecular formula is C34H36N4O2. The molecule has 204 valence electrons. The summed E-state index contributed by atoms with van der Waals surface area (Å²) in [5, 5.41) is 9.45. The fraction of sp³-hybridized carbons (Fsp3) is 0.265. The molecule has 0 amide bonds. The topological polar surface area (TPSA) is 94.7 Å². The summed E-state index contributed by atoms with van der Waals surface area (Å²) in [7, 11) is 0. The average molecular weight is 533 g/mol. The number of carboxylic acid groups (broad SMARTS) is 1. The van der Waals surface area contributed by atoms with E-state index in [9.17, 15) is 9.90 Å². The zero-order chi connectivity index (χ0) is 28.7. The summed E-state index contributed by atoms with van der Waals surface area (Å²) in [6, 6.07) is 8.32. The minimum atomic E-state index is -0.823. The Bertz CT molecular complexity index is 1810. The van der Waals surface area contributed by atoms with Crippen LogP contribution in [0.5, 0.6) is 0 Å². The maximum Gasteiger partial charge on any atom is 0.303 e. The number of H-pyrrole nitrogens is 2. The quantitative estimate of drug-likeness (QED) is 0.283. The van der Waals surface area contributed by atoms with Crippen LogP contribution in [0.25, 0.3) is 56.5 Å². The lowest BCUT2D eigenvalue weighted by Gasteiger charge is -2.04. The molecule has 0 aliphatic carbocycles. The molecule has 0 fully saturated rings. The lowest BCUT2D eigenvalue weighted by molar-refractivity contribution is -0.136. The van der Waals surface area contributed by atoms with E-state index in [-0.39, 0.29) is 6.42 Å². The molecule has 0 saturated carbocycles. The van der Waals surface area contributed by atoms with Gasteiger partial charge in [-0.25, -0.2) is 9.97 Å². The van der Waals surface area contributed by atoms with E-state index in [0.29, 0.717) is 6.42 Å². The molecule has 40 heavy (non-hydrogen) atoms. The normalized spacial score (nSPS) is 13.2. The smallest absolute Gasteiger partial charge is 0.303 e. The average Bonchev–Trinajstić information content (AvgIpc) is 3.57. The Morgan fingerprint density at radius 2 is 1.23 bits per heavy atom. The Morgan fingerprint density at radius 3 is 1.73 bits per heavy atom. The number of nitrogens with zero attached hydrogens (tertiary/aromatic N) is 2. The van der Waals surface area contributed by atoms with Crippen molar-refractivity contribution in [1.29, 1.82) is 0 Å². The van der Waals surface area contributed by atoms with Crippen LogP contribution in [0, 0.1) is 13.8 Å². The van der Waals surface area contributed by atoms with Gasteiger partial charge in [-0.2, -0.15) is 0 Å². The summed E-state index contributed by atoms with van der Waals surface area (Å²) in [6.45, 7) is 18.7. The molecule has 2 aliphatic rings. The maximum absolute atomic E-state index is 11.5. The highest BCUT2D eigenvalue weighted by molar-refractivity contribution is 5.96. The molecule has 5 heterocycles. The second kappa shape index (κ2) is 10.6. The van der Waals surface area contributed by atoms with Crippen molar-refractivity contribution >= 4 is 62.5 Å². The SMILES string of the molecule is C=Cc1c(C)c2cc3[nH]c(cc4nc(cc5nc(cc1[nH]2)C(C)=C5CCC)C(CCC(=O)O)=C4C)c(C)c3C=C. The van der Waals surface area contributed by atoms with Crippen molar-refractivity contribution in [2.75, 3.05) is 0 Å². The molecule has 8 bridgehead atoms. The Kier molecular flexibility index (Phi) is 7.19. The molecule has 6 nitrogen and oxygen atoms in total. The van der Waals surface area contributed by atoms with Crippen LogP contribution in [0.3, 0.4) is 0 Å². The Hall–Kier alpha value is -4.45. The lowest BCUT2D eigenvalue weighted by Crippen LogP contribution is -1.95. The summed E-state index contributed by atoms with van der Waals surface area (Å²) in [6.07, 6.45) is 6.10. The third-order valence-electron chi connectivity index (χ3n) is 8.13. The fourth-order valence-electron chi connectivity index (χ4n) is 5.78. The molecule has 0 aromatic carbocycles. The zero-order valence-corrected chi connectivity index (χ0v) is 24.0. The van der Waals surface area contributed by atoms with Crippen LogP contribution in [0.2, 0.25) is 0 Å². The molecule has 0 radical (unpaired) electrons. The number of aryl methyl sites for hydroxylation is 2. The predicted molar refractivity (Wildman–Crippen MR) is 167 cm³/mol. The Morgan fingerprint density at radius 1 is 0.750 bits per heavy atom. The number of hydrogen-bond acceptors (Lipinski definition) is 3. The van der Waals surface area contributed by atoms with E-state index in [1.165, 1.54) is 5.57 Å². The van der Waals surface area contributed by atoms with E-state index >= 15 is 0 Å². The highest BCUT2D eigenvalue weighted by Gasteiger charge is 2.22. The van der Waals surface area contributed by atoms with Gasteiger partial charge in [-0.05, 0) is 98.2 Å². The minimum absolute atomic E-state index is 0.0427. The fourth-order valence-corrected chi connectivity index (χ4v) is 5.78. The predicted octanol–water partition coefficient (Wildman–Crippen LogP) is 8.74. The van der Waals surface area contributed by atoms with Crippen molar-refractivity contribution in [2.24, 2.45) is 0 Å². The van der Waals surface area contributed by atoms with Gasteiger partial charge in [-0.15, -0.1) is 0 Å². The number of aromatic nitrogens is 4. The van der Waals surface area contributed by atoms with E-state index < -0.39 is 5.97 Å². The number of rotatable bonds is 7. The summed E-state index contributed by atoms with van der Waals surface area (Å²) in [4.78, 5) is 28.8. The Balaban J connectivity index is 1.95. The van der Waals surface area contributed by atoms with Crippen LogP contribution < -0.4 is 0 Å². The van der Waals surface area contributed by atoms with E-state index in [0.717, 1.165) is 96.7 Å². The highest BCUT2D eigenvalue weighted by atomic mass is 16.4. The van der Waals surface area contributed by atoms with Crippen LogP contribution in [-0.2, 0) is 4.79 Å². The number of fused-ring (bicyclic) bond motifs is 8. The van der Waals surface area contributed by atoms with E-state index in [2.05, 4.69) is 69.0 Å². The molecule has 0 unspecified atom stereocenters. The van der Waals surface area contributed by atoms with Gasteiger partial charge in [0.2, 0.25) is 0 Å². The number of aliphatic carboxylic acids is 1. The summed E-state index contributed by atoms with van der Waals surface area (Å²) >= 11 is 0. The number of allylic oxidation sites excluding steroid dienone is 4. The van der Waals surface area contributed by atoms with Gasteiger partial charge in [0.1, 0.15) is 0 Å². The summed E-state index contributed by atoms with van der Waals surface area (Å²) < 4.78 is 0. The molecule has 3 aromatic heterocycles. The summed E-state index contributed by atoms with van der Waals surface area (Å²) in [5.74, 6) is -0.823. The number of aromatic amines is 2. The molecule has 0 saturated heterocycles. The first-order valence-electron chi connectivity index (χ1n) is 13.8. The number of carboxylic acids is 1. The van der Waals surface area contributed by atoms with Gasteiger partial charge in [0.25, 0.3) is 0 Å².